The van der Waals surface area contributed by atoms with Crippen LogP contribution in [0.4, 0.5) is 0 Å². The maximum absolute atomic E-state index is 12.0. The number of amides is 1. The van der Waals surface area contributed by atoms with Gasteiger partial charge in [-0.1, -0.05) is 34.1 Å². The highest BCUT2D eigenvalue weighted by Gasteiger charge is 2.28. The van der Waals surface area contributed by atoms with Crippen molar-refractivity contribution >= 4 is 34.2 Å². The molecule has 1 heterocycles. The number of carbonyl (C=O) groups is 1. The fraction of sp³-hybridized carbons (Fsp3) is 0.500. The van der Waals surface area contributed by atoms with Crippen molar-refractivity contribution in [2.45, 2.75) is 38.0 Å². The summed E-state index contributed by atoms with van der Waals surface area (Å²) < 4.78 is 1.06. The van der Waals surface area contributed by atoms with E-state index in [-0.39, 0.29) is 30.4 Å². The Morgan fingerprint density at radius 2 is 2.25 bits per heavy atom. The Morgan fingerprint density at radius 3 is 2.85 bits per heavy atom. The molecule has 2 rings (SSSR count). The zero-order chi connectivity index (χ0) is 13.8. The number of aliphatic hydroxyl groups excluding tert-OH is 1. The van der Waals surface area contributed by atoms with Gasteiger partial charge in [-0.3, -0.25) is 4.79 Å². The molecule has 0 radical (unpaired) electrons. The molecule has 1 unspecified atom stereocenters. The maximum Gasteiger partial charge on any atom is 0.237 e. The van der Waals surface area contributed by atoms with Crippen LogP contribution >= 0.6 is 28.3 Å². The molecule has 6 heteroatoms. The molecule has 4 nitrogen and oxygen atoms in total. The van der Waals surface area contributed by atoms with Crippen LogP contribution in [0.1, 0.15) is 18.9 Å². The van der Waals surface area contributed by atoms with Gasteiger partial charge in [0.15, 0.2) is 0 Å². The Hall–Kier alpha value is -0.620. The lowest BCUT2D eigenvalue weighted by Crippen LogP contribution is -2.44. The number of nitrogens with one attached hydrogen (secondary N) is 2. The monoisotopic (exact) mass is 362 g/mol. The Kier molecular flexibility index (Phi) is 6.95. The van der Waals surface area contributed by atoms with E-state index < -0.39 is 6.10 Å². The molecule has 3 atom stereocenters. The average molecular weight is 364 g/mol. The Morgan fingerprint density at radius 1 is 1.55 bits per heavy atom. The molecule has 1 saturated heterocycles. The molecular weight excluding hydrogens is 344 g/mol. The first kappa shape index (κ1) is 17.4. The number of aliphatic hydroxyl groups is 1. The second kappa shape index (κ2) is 7.98. The van der Waals surface area contributed by atoms with E-state index in [1.807, 2.05) is 31.2 Å². The number of β-amino-alcohol motifs (C(OH)–C–C–N with tert-alkyl or cyclic N) is 1. The highest BCUT2D eigenvalue weighted by molar-refractivity contribution is 9.10. The summed E-state index contributed by atoms with van der Waals surface area (Å²) in [5, 5.41) is 15.4. The molecule has 1 aliphatic rings. The molecule has 0 spiro atoms. The van der Waals surface area contributed by atoms with Crippen LogP contribution in [0, 0.1) is 0 Å². The van der Waals surface area contributed by atoms with Crippen LogP contribution < -0.4 is 10.6 Å². The molecular formula is C14H20BrClN2O2. The third kappa shape index (κ3) is 4.74. The highest BCUT2D eigenvalue weighted by Crippen LogP contribution is 2.17. The SMILES string of the molecule is CC(Cc1ccccc1Br)NC(=O)[C@H]1C[C@H](O)CN1.Cl. The summed E-state index contributed by atoms with van der Waals surface area (Å²) in [6.45, 7) is 2.49. The van der Waals surface area contributed by atoms with Crippen molar-refractivity contribution in [3.63, 3.8) is 0 Å². The van der Waals surface area contributed by atoms with Crippen LogP contribution in [0.15, 0.2) is 28.7 Å². The number of benzene rings is 1. The van der Waals surface area contributed by atoms with Crippen LogP contribution in [0.5, 0.6) is 0 Å². The molecule has 0 aliphatic carbocycles. The first-order valence-electron chi connectivity index (χ1n) is 6.51. The fourth-order valence-corrected chi connectivity index (χ4v) is 2.75. The third-order valence-corrected chi connectivity index (χ3v) is 4.07. The minimum absolute atomic E-state index is 0. The van der Waals surface area contributed by atoms with Crippen molar-refractivity contribution in [2.75, 3.05) is 6.54 Å². The van der Waals surface area contributed by atoms with Gasteiger partial charge in [-0.15, -0.1) is 12.4 Å². The van der Waals surface area contributed by atoms with Gasteiger partial charge in [0.05, 0.1) is 12.1 Å². The summed E-state index contributed by atoms with van der Waals surface area (Å²) in [5.74, 6) is -0.0314. The smallest absolute Gasteiger partial charge is 0.237 e. The van der Waals surface area contributed by atoms with E-state index in [4.69, 9.17) is 0 Å². The molecule has 0 saturated carbocycles. The zero-order valence-electron chi connectivity index (χ0n) is 11.3. The topological polar surface area (TPSA) is 61.4 Å². The van der Waals surface area contributed by atoms with E-state index in [9.17, 15) is 9.90 Å². The summed E-state index contributed by atoms with van der Waals surface area (Å²) in [4.78, 5) is 12.0. The minimum atomic E-state index is -0.408. The quantitative estimate of drug-likeness (QED) is 0.762. The van der Waals surface area contributed by atoms with Crippen LogP contribution in [0.2, 0.25) is 0 Å². The molecule has 3 N–H and O–H groups in total. The first-order chi connectivity index (χ1) is 9.06. The van der Waals surface area contributed by atoms with Gasteiger partial charge in [-0.2, -0.15) is 0 Å². The standard InChI is InChI=1S/C14H19BrN2O2.ClH/c1-9(6-10-4-2-3-5-12(10)15)17-14(19)13-7-11(18)8-16-13;/h2-5,9,11,13,16,18H,6-8H2,1H3,(H,17,19);1H/t9?,11-,13+;/m0./s1. The fourth-order valence-electron chi connectivity index (χ4n) is 2.31. The van der Waals surface area contributed by atoms with Gasteiger partial charge in [0, 0.05) is 17.1 Å². The minimum Gasteiger partial charge on any atom is -0.392 e. The Bertz CT molecular complexity index is 459. The van der Waals surface area contributed by atoms with Crippen molar-refractivity contribution in [1.82, 2.24) is 10.6 Å². The van der Waals surface area contributed by atoms with E-state index in [1.54, 1.807) is 0 Å². The second-order valence-corrected chi connectivity index (χ2v) is 5.91. The molecule has 0 aromatic heterocycles. The van der Waals surface area contributed by atoms with Crippen LogP contribution in [-0.2, 0) is 11.2 Å². The second-order valence-electron chi connectivity index (χ2n) is 5.06. The number of hydrogen-bond acceptors (Lipinski definition) is 3. The predicted molar refractivity (Wildman–Crippen MR) is 85.1 cm³/mol. The van der Waals surface area contributed by atoms with Crippen LogP contribution in [0.3, 0.4) is 0 Å². The molecule has 1 fully saturated rings. The van der Waals surface area contributed by atoms with Gasteiger partial charge < -0.3 is 15.7 Å². The molecule has 0 bridgehead atoms. The van der Waals surface area contributed by atoms with E-state index in [2.05, 4.69) is 26.6 Å². The van der Waals surface area contributed by atoms with Gasteiger partial charge in [-0.05, 0) is 31.4 Å². The molecule has 1 aromatic rings. The highest BCUT2D eigenvalue weighted by atomic mass is 79.9. The summed E-state index contributed by atoms with van der Waals surface area (Å²) >= 11 is 3.51. The lowest BCUT2D eigenvalue weighted by molar-refractivity contribution is -0.123. The van der Waals surface area contributed by atoms with E-state index in [0.717, 1.165) is 10.9 Å². The van der Waals surface area contributed by atoms with Crippen molar-refractivity contribution in [2.24, 2.45) is 0 Å². The summed E-state index contributed by atoms with van der Waals surface area (Å²) in [5.41, 5.74) is 1.18. The molecule has 1 aromatic carbocycles. The van der Waals surface area contributed by atoms with Gasteiger partial charge in [0.2, 0.25) is 5.91 Å². The van der Waals surface area contributed by atoms with Crippen LogP contribution in [-0.4, -0.2) is 35.7 Å². The average Bonchev–Trinajstić information content (AvgIpc) is 2.79. The predicted octanol–water partition coefficient (Wildman–Crippen LogP) is 1.64. The Balaban J connectivity index is 0.00000200. The molecule has 1 amide bonds. The molecule has 1 aliphatic heterocycles. The van der Waals surface area contributed by atoms with E-state index in [1.165, 1.54) is 5.56 Å². The van der Waals surface area contributed by atoms with Crippen molar-refractivity contribution in [3.05, 3.63) is 34.3 Å². The Labute approximate surface area is 133 Å². The lowest BCUT2D eigenvalue weighted by Gasteiger charge is -2.17. The lowest BCUT2D eigenvalue weighted by atomic mass is 10.1. The van der Waals surface area contributed by atoms with Gasteiger partial charge in [0.25, 0.3) is 0 Å². The van der Waals surface area contributed by atoms with Gasteiger partial charge in [0.1, 0.15) is 0 Å². The van der Waals surface area contributed by atoms with Gasteiger partial charge in [-0.25, -0.2) is 0 Å². The van der Waals surface area contributed by atoms with Crippen molar-refractivity contribution in [3.8, 4) is 0 Å². The van der Waals surface area contributed by atoms with Gasteiger partial charge >= 0.3 is 0 Å². The van der Waals surface area contributed by atoms with Crippen molar-refractivity contribution in [1.29, 1.82) is 0 Å². The summed E-state index contributed by atoms with van der Waals surface area (Å²) in [6.07, 6.45) is 0.866. The summed E-state index contributed by atoms with van der Waals surface area (Å²) in [6, 6.07) is 7.80. The number of rotatable bonds is 4. The maximum atomic E-state index is 12.0. The van der Waals surface area contributed by atoms with Crippen LogP contribution in [0.25, 0.3) is 0 Å². The number of hydrogen-bond donors (Lipinski definition) is 3. The molecule has 112 valence electrons. The number of carbonyl (C=O) groups excluding carboxylic acids is 1. The van der Waals surface area contributed by atoms with E-state index >= 15 is 0 Å². The zero-order valence-corrected chi connectivity index (χ0v) is 13.7. The van der Waals surface area contributed by atoms with Crippen molar-refractivity contribution < 1.29 is 9.90 Å². The first-order valence-corrected chi connectivity index (χ1v) is 7.31. The largest absolute Gasteiger partial charge is 0.392 e. The summed E-state index contributed by atoms with van der Waals surface area (Å²) in [7, 11) is 0. The normalized spacial score (nSPS) is 22.9. The number of halogens is 2. The van der Waals surface area contributed by atoms with E-state index in [0.29, 0.717) is 13.0 Å². The third-order valence-electron chi connectivity index (χ3n) is 3.30. The molecule has 20 heavy (non-hydrogen) atoms.